The van der Waals surface area contributed by atoms with Crippen molar-refractivity contribution in [3.05, 3.63) is 104 Å². The Morgan fingerprint density at radius 2 is 1.76 bits per heavy atom. The lowest BCUT2D eigenvalue weighted by Gasteiger charge is -2.35. The highest BCUT2D eigenvalue weighted by Gasteiger charge is 2.33. The number of methoxy groups -OCH3 is 1. The second kappa shape index (κ2) is 15.9. The summed E-state index contributed by atoms with van der Waals surface area (Å²) in [6.07, 6.45) is 1.62. The van der Waals surface area contributed by atoms with Gasteiger partial charge in [0.1, 0.15) is 22.7 Å². The molecule has 0 spiro atoms. The monoisotopic (exact) mass is 839 g/mol. The molecule has 2 aliphatic rings. The average Bonchev–Trinajstić information content (AvgIpc) is 3.87. The molecule has 1 saturated heterocycles. The van der Waals surface area contributed by atoms with Gasteiger partial charge in [-0.3, -0.25) is 19.1 Å². The van der Waals surface area contributed by atoms with E-state index in [9.17, 15) is 19.5 Å². The number of aromatic amines is 1. The van der Waals surface area contributed by atoms with Crippen LogP contribution in [0.2, 0.25) is 10.0 Å². The number of thiophene rings is 1. The van der Waals surface area contributed by atoms with Crippen LogP contribution < -0.4 is 15.0 Å². The molecule has 14 nitrogen and oxygen atoms in total. The molecule has 6 heterocycles. The Hall–Kier alpha value is -5.77. The summed E-state index contributed by atoms with van der Waals surface area (Å²) in [5.74, 6) is 0.973. The minimum atomic E-state index is -1.04. The number of benzene rings is 2. The number of fused-ring (bicyclic) bond motifs is 4. The highest BCUT2D eigenvalue weighted by molar-refractivity contribution is 7.15. The van der Waals surface area contributed by atoms with E-state index in [1.54, 1.807) is 28.4 Å². The summed E-state index contributed by atoms with van der Waals surface area (Å²) in [7, 11) is 1.52. The van der Waals surface area contributed by atoms with Crippen molar-refractivity contribution in [3.8, 4) is 22.0 Å². The number of ether oxygens (including phenoxy) is 1. The molecule has 298 valence electrons. The first-order valence-electron chi connectivity index (χ1n) is 18.7. The number of halogens is 2. The molecule has 3 N–H and O–H groups in total. The standard InChI is InChI=1S/C41H39Cl2N9O5S/c1-21-22(2)58-40-36(21)37(24-5-7-25(42)8-6-24)46-32(38-49-48-23(3)52(38)40)19-34(53)44-12-11-35(54)51-15-13-50(14-16-51)33-10-9-26(39(47-33)57-4)27-17-28-29(41(55)56)20-45-31(28)18-30(27)43/h5-10,17-18,20,32,45H,11-16,19H2,1-4H3,(H,44,53)(H,55,56). The number of H-pyrrole nitrogens is 1. The summed E-state index contributed by atoms with van der Waals surface area (Å²) in [5.41, 5.74) is 5.73. The maximum atomic E-state index is 13.5. The number of carbonyl (C=O) groups is 3. The lowest BCUT2D eigenvalue weighted by Crippen LogP contribution is -2.49. The quantitative estimate of drug-likeness (QED) is 0.132. The van der Waals surface area contributed by atoms with E-state index in [1.807, 2.05) is 47.9 Å². The fourth-order valence-corrected chi connectivity index (χ4v) is 9.13. The van der Waals surface area contributed by atoms with Gasteiger partial charge in [-0.15, -0.1) is 21.5 Å². The third-order valence-electron chi connectivity index (χ3n) is 10.7. The van der Waals surface area contributed by atoms with Gasteiger partial charge in [0, 0.05) is 88.4 Å². The lowest BCUT2D eigenvalue weighted by molar-refractivity contribution is -0.131. The first-order valence-corrected chi connectivity index (χ1v) is 20.2. The van der Waals surface area contributed by atoms with E-state index in [2.05, 4.69) is 39.2 Å². The van der Waals surface area contributed by atoms with Gasteiger partial charge >= 0.3 is 5.97 Å². The number of aryl methyl sites for hydroxylation is 2. The summed E-state index contributed by atoms with van der Waals surface area (Å²) in [6.45, 7) is 8.30. The SMILES string of the molecule is COc1nc(N2CCN(C(=O)CCNC(=O)CC3N=C(c4ccc(Cl)cc4)c4c(sc(C)c4C)-n4c(C)nnc43)CC2)ccc1-c1cc2c(C(=O)O)c[nH]c2cc1Cl. The van der Waals surface area contributed by atoms with Crippen molar-refractivity contribution in [2.24, 2.45) is 4.99 Å². The number of carbonyl (C=O) groups excluding carboxylic acids is 2. The molecule has 2 amide bonds. The zero-order valence-corrected chi connectivity index (χ0v) is 34.4. The summed E-state index contributed by atoms with van der Waals surface area (Å²) in [6, 6.07) is 14.1. The van der Waals surface area contributed by atoms with Crippen molar-refractivity contribution < 1.29 is 24.2 Å². The highest BCUT2D eigenvalue weighted by atomic mass is 35.5. The maximum Gasteiger partial charge on any atom is 0.337 e. The second-order valence-corrected chi connectivity index (χ2v) is 16.2. The van der Waals surface area contributed by atoms with Crippen LogP contribution in [0, 0.1) is 20.8 Å². The Labute approximate surface area is 347 Å². The van der Waals surface area contributed by atoms with Crippen LogP contribution in [0.15, 0.2) is 59.7 Å². The van der Waals surface area contributed by atoms with Crippen molar-refractivity contribution in [1.82, 2.24) is 34.9 Å². The van der Waals surface area contributed by atoms with Crippen molar-refractivity contribution in [2.75, 3.05) is 44.7 Å². The number of pyridine rings is 1. The summed E-state index contributed by atoms with van der Waals surface area (Å²) >= 11 is 14.5. The van der Waals surface area contributed by atoms with Crippen LogP contribution in [0.1, 0.15) is 62.5 Å². The Balaban J connectivity index is 0.898. The lowest BCUT2D eigenvalue weighted by atomic mass is 9.99. The van der Waals surface area contributed by atoms with Crippen LogP contribution in [0.3, 0.4) is 0 Å². The predicted molar refractivity (Wildman–Crippen MR) is 224 cm³/mol. The third-order valence-corrected chi connectivity index (χ3v) is 12.4. The van der Waals surface area contributed by atoms with Crippen LogP contribution in [0.5, 0.6) is 5.88 Å². The van der Waals surface area contributed by atoms with Crippen molar-refractivity contribution in [1.29, 1.82) is 0 Å². The molecule has 17 heteroatoms. The van der Waals surface area contributed by atoms with Gasteiger partial charge in [0.05, 0.1) is 29.8 Å². The number of nitrogens with one attached hydrogen (secondary N) is 2. The van der Waals surface area contributed by atoms with Gasteiger partial charge in [-0.05, 0) is 62.7 Å². The van der Waals surface area contributed by atoms with E-state index in [0.717, 1.165) is 32.3 Å². The number of aromatic nitrogens is 5. The fourth-order valence-electron chi connectivity index (χ4n) is 7.53. The van der Waals surface area contributed by atoms with E-state index in [4.69, 9.17) is 37.9 Å². The number of nitrogens with zero attached hydrogens (tertiary/aromatic N) is 7. The number of aromatic carboxylic acids is 1. The first kappa shape index (κ1) is 39.1. The molecule has 8 rings (SSSR count). The van der Waals surface area contributed by atoms with Gasteiger partial charge in [0.15, 0.2) is 5.82 Å². The topological polar surface area (TPSA) is 171 Å². The molecule has 6 aromatic rings. The Bertz CT molecular complexity index is 2630. The molecule has 1 unspecified atom stereocenters. The van der Waals surface area contributed by atoms with Crippen LogP contribution >= 0.6 is 34.5 Å². The van der Waals surface area contributed by atoms with E-state index in [1.165, 1.54) is 13.3 Å². The Morgan fingerprint density at radius 3 is 2.48 bits per heavy atom. The number of hydrogen-bond acceptors (Lipinski definition) is 10. The summed E-state index contributed by atoms with van der Waals surface area (Å²) in [4.78, 5) is 56.4. The number of piperazine rings is 1. The molecule has 58 heavy (non-hydrogen) atoms. The van der Waals surface area contributed by atoms with Gasteiger partial charge in [0.25, 0.3) is 0 Å². The smallest absolute Gasteiger partial charge is 0.337 e. The zero-order valence-electron chi connectivity index (χ0n) is 32.1. The fraction of sp³-hybridized carbons (Fsp3) is 0.293. The second-order valence-electron chi connectivity index (χ2n) is 14.2. The number of amides is 2. The molecular weight excluding hydrogens is 801 g/mol. The maximum absolute atomic E-state index is 13.5. The van der Waals surface area contributed by atoms with E-state index in [-0.39, 0.29) is 36.8 Å². The van der Waals surface area contributed by atoms with Gasteiger partial charge in [-0.2, -0.15) is 4.98 Å². The third kappa shape index (κ3) is 7.29. The van der Waals surface area contributed by atoms with Crippen molar-refractivity contribution >= 4 is 74.8 Å². The minimum absolute atomic E-state index is 0.0284. The van der Waals surface area contributed by atoms with Crippen molar-refractivity contribution in [2.45, 2.75) is 39.7 Å². The highest BCUT2D eigenvalue weighted by Crippen LogP contribution is 2.41. The number of rotatable bonds is 10. The van der Waals surface area contributed by atoms with Crippen LogP contribution in [0.25, 0.3) is 27.0 Å². The molecule has 0 bridgehead atoms. The molecule has 0 aliphatic carbocycles. The molecule has 4 aromatic heterocycles. The number of anilines is 1. The zero-order chi connectivity index (χ0) is 40.8. The Morgan fingerprint density at radius 1 is 1.00 bits per heavy atom. The molecule has 1 atom stereocenters. The molecule has 2 aromatic carbocycles. The van der Waals surface area contributed by atoms with Gasteiger partial charge in [-0.1, -0.05) is 35.3 Å². The molecule has 0 radical (unpaired) electrons. The van der Waals surface area contributed by atoms with Gasteiger partial charge in [-0.25, -0.2) is 4.79 Å². The van der Waals surface area contributed by atoms with Crippen molar-refractivity contribution in [3.63, 3.8) is 0 Å². The average molecular weight is 841 g/mol. The summed E-state index contributed by atoms with van der Waals surface area (Å²) in [5, 5.41) is 23.9. The molecule has 2 aliphatic heterocycles. The normalized spacial score (nSPS) is 15.1. The van der Waals surface area contributed by atoms with Gasteiger partial charge < -0.3 is 29.9 Å². The number of aliphatic imine (C=N–C) groups is 1. The van der Waals surface area contributed by atoms with E-state index < -0.39 is 12.0 Å². The summed E-state index contributed by atoms with van der Waals surface area (Å²) < 4.78 is 7.67. The van der Waals surface area contributed by atoms with Gasteiger partial charge in [0.2, 0.25) is 17.7 Å². The molecule has 1 fully saturated rings. The molecule has 0 saturated carbocycles. The predicted octanol–water partition coefficient (Wildman–Crippen LogP) is 6.95. The number of carboxylic acids is 1. The van der Waals surface area contributed by atoms with Crippen LogP contribution in [-0.2, 0) is 9.59 Å². The first-order chi connectivity index (χ1) is 27.9. The Kier molecular flexibility index (Phi) is 10.7. The number of carboxylic acid groups (broad SMARTS) is 1. The largest absolute Gasteiger partial charge is 0.480 e. The molecular formula is C41H39Cl2N9O5S. The van der Waals surface area contributed by atoms with E-state index in [0.29, 0.717) is 81.6 Å². The minimum Gasteiger partial charge on any atom is -0.480 e. The van der Waals surface area contributed by atoms with E-state index >= 15 is 0 Å². The van der Waals surface area contributed by atoms with Crippen LogP contribution in [-0.4, -0.2) is 98.1 Å². The van der Waals surface area contributed by atoms with Crippen LogP contribution in [0.4, 0.5) is 5.82 Å². The number of hydrogen-bond donors (Lipinski definition) is 3.